The van der Waals surface area contributed by atoms with E-state index in [1.807, 2.05) is 19.9 Å². The van der Waals surface area contributed by atoms with Crippen molar-refractivity contribution < 1.29 is 22.7 Å². The first kappa shape index (κ1) is 23.4. The third kappa shape index (κ3) is 6.32. The molecule has 1 N–H and O–H groups in total. The average Bonchev–Trinajstić information content (AvgIpc) is 2.67. The maximum Gasteiger partial charge on any atom is 0.338 e. The van der Waals surface area contributed by atoms with Crippen LogP contribution in [0.2, 0.25) is 0 Å². The Balaban J connectivity index is 2.12. The summed E-state index contributed by atoms with van der Waals surface area (Å²) in [5, 5.41) is 2.70. The van der Waals surface area contributed by atoms with Crippen LogP contribution in [0.3, 0.4) is 0 Å². The molecule has 0 radical (unpaired) electrons. The van der Waals surface area contributed by atoms with Gasteiger partial charge in [-0.05, 0) is 62.2 Å². The molecule has 0 heterocycles. The van der Waals surface area contributed by atoms with Crippen LogP contribution >= 0.6 is 0 Å². The lowest BCUT2D eigenvalue weighted by molar-refractivity contribution is -0.116. The van der Waals surface area contributed by atoms with Crippen LogP contribution in [-0.4, -0.2) is 39.2 Å². The fourth-order valence-electron chi connectivity index (χ4n) is 2.90. The van der Waals surface area contributed by atoms with Gasteiger partial charge in [-0.1, -0.05) is 25.5 Å². The van der Waals surface area contributed by atoms with Crippen LogP contribution < -0.4 is 9.62 Å². The highest BCUT2D eigenvalue weighted by Gasteiger charge is 2.29. The number of anilines is 2. The standard InChI is InChI=1S/C22H28N2O5S/c1-5-6-14-29-22(26)18-10-12-19(13-11-18)23-21(25)17(3)24(30(4,27)28)20-9-7-8-16(2)15-20/h7-13,15,17H,5-6,14H2,1-4H3,(H,23,25)/t17-/m1/s1. The number of sulfonamides is 1. The molecule has 0 aromatic heterocycles. The molecule has 0 aliphatic carbocycles. The summed E-state index contributed by atoms with van der Waals surface area (Å²) in [6, 6.07) is 12.3. The van der Waals surface area contributed by atoms with Crippen molar-refractivity contribution in [3.05, 3.63) is 59.7 Å². The van der Waals surface area contributed by atoms with E-state index in [1.54, 1.807) is 42.5 Å². The molecule has 1 amide bonds. The molecule has 0 aliphatic rings. The van der Waals surface area contributed by atoms with Crippen LogP contribution in [0, 0.1) is 6.92 Å². The second kappa shape index (κ2) is 10.2. The third-order valence-electron chi connectivity index (χ3n) is 4.46. The predicted octanol–water partition coefficient (Wildman–Crippen LogP) is 3.75. The highest BCUT2D eigenvalue weighted by molar-refractivity contribution is 7.92. The Morgan fingerprint density at radius 3 is 2.37 bits per heavy atom. The van der Waals surface area contributed by atoms with E-state index in [4.69, 9.17) is 4.74 Å². The summed E-state index contributed by atoms with van der Waals surface area (Å²) in [7, 11) is -3.69. The molecule has 2 aromatic carbocycles. The molecular weight excluding hydrogens is 404 g/mol. The number of rotatable bonds is 9. The fraction of sp³-hybridized carbons (Fsp3) is 0.364. The van der Waals surface area contributed by atoms with Crippen LogP contribution in [0.5, 0.6) is 0 Å². The lowest BCUT2D eigenvalue weighted by Gasteiger charge is -2.28. The number of unbranched alkanes of at least 4 members (excludes halogenated alkanes) is 1. The van der Waals surface area contributed by atoms with Crippen LogP contribution in [0.1, 0.15) is 42.6 Å². The summed E-state index contributed by atoms with van der Waals surface area (Å²) in [4.78, 5) is 24.7. The second-order valence-corrected chi connectivity index (χ2v) is 8.99. The summed E-state index contributed by atoms with van der Waals surface area (Å²) in [6.07, 6.45) is 2.80. The topological polar surface area (TPSA) is 92.8 Å². The van der Waals surface area contributed by atoms with E-state index in [0.717, 1.165) is 29.0 Å². The number of amides is 1. The Morgan fingerprint density at radius 1 is 1.13 bits per heavy atom. The number of nitrogens with zero attached hydrogens (tertiary/aromatic N) is 1. The number of carbonyl (C=O) groups is 2. The van der Waals surface area contributed by atoms with Gasteiger partial charge in [0.2, 0.25) is 15.9 Å². The Bertz CT molecular complexity index is 987. The molecule has 30 heavy (non-hydrogen) atoms. The van der Waals surface area contributed by atoms with Gasteiger partial charge in [0.05, 0.1) is 24.1 Å². The summed E-state index contributed by atoms with van der Waals surface area (Å²) >= 11 is 0. The van der Waals surface area contributed by atoms with Crippen molar-refractivity contribution in [2.24, 2.45) is 0 Å². The van der Waals surface area contributed by atoms with E-state index in [0.29, 0.717) is 23.5 Å². The predicted molar refractivity (Wildman–Crippen MR) is 118 cm³/mol. The van der Waals surface area contributed by atoms with Crippen molar-refractivity contribution in [2.45, 2.75) is 39.7 Å². The number of ether oxygens (including phenoxy) is 1. The summed E-state index contributed by atoms with van der Waals surface area (Å²) in [6.45, 7) is 5.75. The number of nitrogens with one attached hydrogen (secondary N) is 1. The highest BCUT2D eigenvalue weighted by Crippen LogP contribution is 2.23. The van der Waals surface area contributed by atoms with Gasteiger partial charge in [0.15, 0.2) is 0 Å². The van der Waals surface area contributed by atoms with Crippen LogP contribution in [0.4, 0.5) is 11.4 Å². The van der Waals surface area contributed by atoms with E-state index in [1.165, 1.54) is 6.92 Å². The molecule has 0 aliphatic heterocycles. The van der Waals surface area contributed by atoms with E-state index < -0.39 is 27.9 Å². The first-order valence-corrected chi connectivity index (χ1v) is 11.6. The van der Waals surface area contributed by atoms with Crippen molar-refractivity contribution in [3.8, 4) is 0 Å². The van der Waals surface area contributed by atoms with Gasteiger partial charge in [0.25, 0.3) is 0 Å². The zero-order valence-corrected chi connectivity index (χ0v) is 18.5. The van der Waals surface area contributed by atoms with E-state index >= 15 is 0 Å². The summed E-state index contributed by atoms with van der Waals surface area (Å²) < 4.78 is 31.0. The molecule has 162 valence electrons. The minimum atomic E-state index is -3.69. The van der Waals surface area contributed by atoms with Gasteiger partial charge in [0.1, 0.15) is 6.04 Å². The normalized spacial score (nSPS) is 12.1. The van der Waals surface area contributed by atoms with Crippen molar-refractivity contribution >= 4 is 33.3 Å². The molecular formula is C22H28N2O5S. The lowest BCUT2D eigenvalue weighted by atomic mass is 10.2. The van der Waals surface area contributed by atoms with Crippen LogP contribution in [0.25, 0.3) is 0 Å². The Hall–Kier alpha value is -2.87. The van der Waals surface area contributed by atoms with Gasteiger partial charge in [-0.15, -0.1) is 0 Å². The Labute approximate surface area is 178 Å². The highest BCUT2D eigenvalue weighted by atomic mass is 32.2. The zero-order chi connectivity index (χ0) is 22.3. The number of carbonyl (C=O) groups excluding carboxylic acids is 2. The summed E-state index contributed by atoms with van der Waals surface area (Å²) in [5.74, 6) is -0.905. The minimum absolute atomic E-state index is 0.367. The quantitative estimate of drug-likeness (QED) is 0.481. The van der Waals surface area contributed by atoms with Crippen molar-refractivity contribution in [2.75, 3.05) is 22.5 Å². The number of esters is 1. The molecule has 0 spiro atoms. The molecule has 0 fully saturated rings. The van der Waals surface area contributed by atoms with Gasteiger partial charge in [-0.2, -0.15) is 0 Å². The lowest BCUT2D eigenvalue weighted by Crippen LogP contribution is -2.45. The number of hydrogen-bond acceptors (Lipinski definition) is 5. The zero-order valence-electron chi connectivity index (χ0n) is 17.7. The molecule has 0 bridgehead atoms. The molecule has 2 aromatic rings. The molecule has 8 heteroatoms. The van der Waals surface area contributed by atoms with Gasteiger partial charge in [0, 0.05) is 5.69 Å². The van der Waals surface area contributed by atoms with Gasteiger partial charge >= 0.3 is 5.97 Å². The average molecular weight is 433 g/mol. The fourth-order valence-corrected chi connectivity index (χ4v) is 4.07. The monoisotopic (exact) mass is 432 g/mol. The van der Waals surface area contributed by atoms with E-state index in [9.17, 15) is 18.0 Å². The maximum atomic E-state index is 12.7. The Kier molecular flexibility index (Phi) is 8.00. The smallest absolute Gasteiger partial charge is 0.338 e. The summed E-state index contributed by atoms with van der Waals surface area (Å²) in [5.41, 5.74) is 2.14. The third-order valence-corrected chi connectivity index (χ3v) is 5.71. The molecule has 1 atom stereocenters. The van der Waals surface area contributed by atoms with Crippen molar-refractivity contribution in [3.63, 3.8) is 0 Å². The maximum absolute atomic E-state index is 12.7. The van der Waals surface area contributed by atoms with Crippen molar-refractivity contribution in [1.29, 1.82) is 0 Å². The minimum Gasteiger partial charge on any atom is -0.462 e. The number of aryl methyl sites for hydroxylation is 1. The van der Waals surface area contributed by atoms with Gasteiger partial charge in [-0.3, -0.25) is 9.10 Å². The second-order valence-electron chi connectivity index (χ2n) is 7.13. The molecule has 2 rings (SSSR count). The van der Waals surface area contributed by atoms with Gasteiger partial charge < -0.3 is 10.1 Å². The number of hydrogen-bond donors (Lipinski definition) is 1. The largest absolute Gasteiger partial charge is 0.462 e. The van der Waals surface area contributed by atoms with Crippen molar-refractivity contribution in [1.82, 2.24) is 0 Å². The molecule has 0 saturated carbocycles. The number of benzene rings is 2. The molecule has 0 unspecified atom stereocenters. The van der Waals surface area contributed by atoms with Gasteiger partial charge in [-0.25, -0.2) is 13.2 Å². The van der Waals surface area contributed by atoms with Crippen LogP contribution in [-0.2, 0) is 19.6 Å². The first-order chi connectivity index (χ1) is 14.1. The SMILES string of the molecule is CCCCOC(=O)c1ccc(NC(=O)[C@@H](C)N(c2cccc(C)c2)S(C)(=O)=O)cc1. The molecule has 0 saturated heterocycles. The molecule has 7 nitrogen and oxygen atoms in total. The van der Waals surface area contributed by atoms with E-state index in [2.05, 4.69) is 5.32 Å². The Morgan fingerprint density at radius 2 is 1.80 bits per heavy atom. The van der Waals surface area contributed by atoms with Crippen LogP contribution in [0.15, 0.2) is 48.5 Å². The first-order valence-electron chi connectivity index (χ1n) is 9.77. The van der Waals surface area contributed by atoms with E-state index in [-0.39, 0.29) is 0 Å².